The summed E-state index contributed by atoms with van der Waals surface area (Å²) in [4.78, 5) is 19.1. The van der Waals surface area contributed by atoms with Crippen LogP contribution in [0.1, 0.15) is 12.5 Å². The zero-order valence-electron chi connectivity index (χ0n) is 12.3. The highest BCUT2D eigenvalue weighted by molar-refractivity contribution is 8.18. The number of hydrogen-bond donors (Lipinski definition) is 0. The Balaban J connectivity index is 1.84. The standard InChI is InChI=1S/C18H16N2OS/c1-2-20(15-11-7-4-8-12-15)18-19-17(21)16(22-18)13-14-9-5-3-6-10-14/h3-13H,2H2,1H3/b16-13-. The van der Waals surface area contributed by atoms with E-state index in [1.807, 2.05) is 66.7 Å². The van der Waals surface area contributed by atoms with Gasteiger partial charge in [0.05, 0.1) is 4.91 Å². The van der Waals surface area contributed by atoms with Crippen LogP contribution in [0.5, 0.6) is 0 Å². The molecule has 0 radical (unpaired) electrons. The van der Waals surface area contributed by atoms with Crippen LogP contribution in [0.25, 0.3) is 6.08 Å². The summed E-state index contributed by atoms with van der Waals surface area (Å²) in [6, 6.07) is 19.8. The van der Waals surface area contributed by atoms with Gasteiger partial charge in [-0.3, -0.25) is 4.79 Å². The number of carbonyl (C=O) groups is 1. The number of carbonyl (C=O) groups excluding carboxylic acids is 1. The van der Waals surface area contributed by atoms with Crippen molar-refractivity contribution in [2.45, 2.75) is 6.92 Å². The molecule has 22 heavy (non-hydrogen) atoms. The molecule has 3 nitrogen and oxygen atoms in total. The van der Waals surface area contributed by atoms with Crippen molar-refractivity contribution in [2.75, 3.05) is 11.4 Å². The second-order valence-corrected chi connectivity index (χ2v) is 5.81. The summed E-state index contributed by atoms with van der Waals surface area (Å²) in [5, 5.41) is 0.737. The van der Waals surface area contributed by atoms with Gasteiger partial charge < -0.3 is 4.90 Å². The van der Waals surface area contributed by atoms with Crippen LogP contribution in [0, 0.1) is 0 Å². The van der Waals surface area contributed by atoms with Crippen molar-refractivity contribution in [1.29, 1.82) is 0 Å². The van der Waals surface area contributed by atoms with Crippen LogP contribution in [0.4, 0.5) is 5.69 Å². The maximum absolute atomic E-state index is 12.1. The average molecular weight is 308 g/mol. The van der Waals surface area contributed by atoms with E-state index in [4.69, 9.17) is 0 Å². The first-order valence-corrected chi connectivity index (χ1v) is 8.00. The van der Waals surface area contributed by atoms with Gasteiger partial charge in [0.1, 0.15) is 0 Å². The number of hydrogen-bond acceptors (Lipinski definition) is 3. The van der Waals surface area contributed by atoms with Crippen LogP contribution in [-0.2, 0) is 4.79 Å². The highest BCUT2D eigenvalue weighted by atomic mass is 32.2. The van der Waals surface area contributed by atoms with Gasteiger partial charge in [0.15, 0.2) is 5.17 Å². The van der Waals surface area contributed by atoms with E-state index in [0.717, 1.165) is 23.0 Å². The molecule has 1 aliphatic rings. The summed E-state index contributed by atoms with van der Waals surface area (Å²) in [7, 11) is 0. The van der Waals surface area contributed by atoms with E-state index >= 15 is 0 Å². The van der Waals surface area contributed by atoms with Gasteiger partial charge in [-0.25, -0.2) is 0 Å². The summed E-state index contributed by atoms with van der Waals surface area (Å²) >= 11 is 1.43. The van der Waals surface area contributed by atoms with Crippen LogP contribution in [0.15, 0.2) is 70.6 Å². The van der Waals surface area contributed by atoms with E-state index in [1.165, 1.54) is 11.8 Å². The molecule has 0 N–H and O–H groups in total. The van der Waals surface area contributed by atoms with Gasteiger partial charge in [0.2, 0.25) is 0 Å². The number of para-hydroxylation sites is 1. The zero-order chi connectivity index (χ0) is 15.4. The first kappa shape index (κ1) is 14.6. The Morgan fingerprint density at radius 3 is 2.32 bits per heavy atom. The van der Waals surface area contributed by atoms with E-state index in [1.54, 1.807) is 0 Å². The molecule has 0 fully saturated rings. The molecule has 2 aromatic rings. The van der Waals surface area contributed by atoms with Crippen molar-refractivity contribution < 1.29 is 4.79 Å². The number of rotatable bonds is 3. The fraction of sp³-hybridized carbons (Fsp3) is 0.111. The highest BCUT2D eigenvalue weighted by Gasteiger charge is 2.26. The van der Waals surface area contributed by atoms with Crippen LogP contribution < -0.4 is 4.90 Å². The van der Waals surface area contributed by atoms with Gasteiger partial charge in [0, 0.05) is 12.2 Å². The number of benzene rings is 2. The van der Waals surface area contributed by atoms with Crippen molar-refractivity contribution in [3.8, 4) is 0 Å². The van der Waals surface area contributed by atoms with Gasteiger partial charge in [-0.1, -0.05) is 48.5 Å². The molecular formula is C18H16N2OS. The predicted molar refractivity (Wildman–Crippen MR) is 93.9 cm³/mol. The Bertz CT molecular complexity index is 723. The molecule has 0 aliphatic carbocycles. The van der Waals surface area contributed by atoms with Crippen molar-refractivity contribution >= 4 is 34.6 Å². The molecule has 0 aromatic heterocycles. The number of amidine groups is 1. The van der Waals surface area contributed by atoms with E-state index in [2.05, 4.69) is 16.8 Å². The Morgan fingerprint density at radius 1 is 1.05 bits per heavy atom. The van der Waals surface area contributed by atoms with Gasteiger partial charge in [-0.05, 0) is 42.5 Å². The fourth-order valence-corrected chi connectivity index (χ4v) is 3.25. The Hall–Kier alpha value is -2.33. The molecule has 0 atom stereocenters. The van der Waals surface area contributed by atoms with E-state index in [9.17, 15) is 4.79 Å². The lowest BCUT2D eigenvalue weighted by Crippen LogP contribution is -2.26. The lowest BCUT2D eigenvalue weighted by atomic mass is 10.2. The zero-order valence-corrected chi connectivity index (χ0v) is 13.1. The molecule has 0 saturated heterocycles. The van der Waals surface area contributed by atoms with Crippen molar-refractivity contribution in [2.24, 2.45) is 4.99 Å². The third-order valence-corrected chi connectivity index (χ3v) is 4.33. The molecule has 1 amide bonds. The first-order valence-electron chi connectivity index (χ1n) is 7.18. The normalized spacial score (nSPS) is 16.0. The third kappa shape index (κ3) is 3.12. The molecular weight excluding hydrogens is 292 g/mol. The first-order chi connectivity index (χ1) is 10.8. The molecule has 110 valence electrons. The maximum atomic E-state index is 12.1. The number of anilines is 1. The SMILES string of the molecule is CCN(C1=NC(=O)/C(=C/c2ccccc2)S1)c1ccccc1. The Labute approximate surface area is 134 Å². The quantitative estimate of drug-likeness (QED) is 0.797. The fourth-order valence-electron chi connectivity index (χ4n) is 2.25. The summed E-state index contributed by atoms with van der Waals surface area (Å²) < 4.78 is 0. The van der Waals surface area contributed by atoms with Gasteiger partial charge in [-0.15, -0.1) is 0 Å². The van der Waals surface area contributed by atoms with Crippen LogP contribution in [0.2, 0.25) is 0 Å². The minimum absolute atomic E-state index is 0.168. The van der Waals surface area contributed by atoms with Gasteiger partial charge >= 0.3 is 0 Å². The second kappa shape index (κ2) is 6.62. The van der Waals surface area contributed by atoms with Crippen molar-refractivity contribution in [3.63, 3.8) is 0 Å². The Morgan fingerprint density at radius 2 is 1.68 bits per heavy atom. The van der Waals surface area contributed by atoms with Gasteiger partial charge in [0.25, 0.3) is 5.91 Å². The lowest BCUT2D eigenvalue weighted by Gasteiger charge is -2.21. The molecule has 1 heterocycles. The smallest absolute Gasteiger partial charge is 0.286 e. The van der Waals surface area contributed by atoms with Crippen LogP contribution in [0.3, 0.4) is 0 Å². The minimum atomic E-state index is -0.168. The van der Waals surface area contributed by atoms with E-state index in [-0.39, 0.29) is 5.91 Å². The number of aliphatic imine (C=N–C) groups is 1. The third-order valence-electron chi connectivity index (χ3n) is 3.32. The highest BCUT2D eigenvalue weighted by Crippen LogP contribution is 2.32. The Kier molecular flexibility index (Phi) is 4.39. The summed E-state index contributed by atoms with van der Waals surface area (Å²) in [6.07, 6.45) is 1.89. The minimum Gasteiger partial charge on any atom is -0.321 e. The maximum Gasteiger partial charge on any atom is 0.286 e. The number of amides is 1. The molecule has 0 bridgehead atoms. The molecule has 0 spiro atoms. The molecule has 3 rings (SSSR count). The lowest BCUT2D eigenvalue weighted by molar-refractivity contribution is -0.113. The van der Waals surface area contributed by atoms with Crippen molar-refractivity contribution in [3.05, 3.63) is 71.1 Å². The van der Waals surface area contributed by atoms with Crippen LogP contribution >= 0.6 is 11.8 Å². The molecule has 2 aromatic carbocycles. The predicted octanol–water partition coefficient (Wildman–Crippen LogP) is 4.18. The molecule has 4 heteroatoms. The molecule has 0 unspecified atom stereocenters. The number of thioether (sulfide) groups is 1. The summed E-state index contributed by atoms with van der Waals surface area (Å²) in [5.74, 6) is -0.168. The second-order valence-electron chi connectivity index (χ2n) is 4.80. The van der Waals surface area contributed by atoms with Crippen LogP contribution in [-0.4, -0.2) is 17.6 Å². The molecule has 1 aliphatic heterocycles. The van der Waals surface area contributed by atoms with Gasteiger partial charge in [-0.2, -0.15) is 4.99 Å². The topological polar surface area (TPSA) is 32.7 Å². The monoisotopic (exact) mass is 308 g/mol. The average Bonchev–Trinajstić information content (AvgIpc) is 2.91. The van der Waals surface area contributed by atoms with E-state index < -0.39 is 0 Å². The largest absolute Gasteiger partial charge is 0.321 e. The molecule has 0 saturated carbocycles. The summed E-state index contributed by atoms with van der Waals surface area (Å²) in [6.45, 7) is 2.82. The summed E-state index contributed by atoms with van der Waals surface area (Å²) in [5.41, 5.74) is 2.06. The van der Waals surface area contributed by atoms with Crippen molar-refractivity contribution in [1.82, 2.24) is 0 Å². The number of nitrogens with zero attached hydrogens (tertiary/aromatic N) is 2. The van der Waals surface area contributed by atoms with E-state index in [0.29, 0.717) is 4.91 Å².